The molecule has 0 spiro atoms. The maximum absolute atomic E-state index is 13.2. The van der Waals surface area contributed by atoms with Crippen LogP contribution in [0.1, 0.15) is 271 Å². The third kappa shape index (κ3) is 34.6. The number of unbranched alkanes of at least 4 members (excludes halogenated alkanes) is 35. The molecule has 2 saturated heterocycles. The molecule has 0 bridgehead atoms. The Labute approximate surface area is 474 Å². The minimum Gasteiger partial charge on any atom is -0.394 e. The number of hydrogen-bond donors (Lipinski definition) is 9. The normalized spacial score (nSPS) is 24.7. The first-order valence-corrected chi connectivity index (χ1v) is 32.2. The van der Waals surface area contributed by atoms with Gasteiger partial charge in [-0.15, -0.1) is 0 Å². The van der Waals surface area contributed by atoms with Crippen LogP contribution in [0.3, 0.4) is 0 Å². The summed E-state index contributed by atoms with van der Waals surface area (Å²) in [5, 5.41) is 87.0. The van der Waals surface area contributed by atoms with Gasteiger partial charge < -0.3 is 65.1 Å². The van der Waals surface area contributed by atoms with E-state index < -0.39 is 86.8 Å². The van der Waals surface area contributed by atoms with E-state index >= 15 is 0 Å². The van der Waals surface area contributed by atoms with Crippen LogP contribution in [0.4, 0.5) is 0 Å². The van der Waals surface area contributed by atoms with Crippen LogP contribution in [0.2, 0.25) is 0 Å². The molecule has 0 saturated carbocycles. The van der Waals surface area contributed by atoms with Crippen LogP contribution in [0.15, 0.2) is 36.5 Å². The van der Waals surface area contributed by atoms with Crippen molar-refractivity contribution in [2.75, 3.05) is 19.8 Å². The number of hydrogen-bond acceptors (Lipinski definition) is 13. The molecule has 2 heterocycles. The molecule has 458 valence electrons. The smallest absolute Gasteiger partial charge is 0.220 e. The molecule has 9 N–H and O–H groups in total. The summed E-state index contributed by atoms with van der Waals surface area (Å²) in [5.74, 6) is -0.253. The first kappa shape index (κ1) is 72.3. The van der Waals surface area contributed by atoms with E-state index in [0.29, 0.717) is 12.8 Å². The molecule has 2 aliphatic heterocycles. The number of rotatable bonds is 52. The lowest BCUT2D eigenvalue weighted by molar-refractivity contribution is -0.359. The summed E-state index contributed by atoms with van der Waals surface area (Å²) < 4.78 is 22.7. The molecule has 1 amide bonds. The van der Waals surface area contributed by atoms with Crippen LogP contribution >= 0.6 is 0 Å². The lowest BCUT2D eigenvalue weighted by atomic mass is 9.97. The second kappa shape index (κ2) is 49.8. The van der Waals surface area contributed by atoms with Crippen molar-refractivity contribution in [2.24, 2.45) is 0 Å². The third-order valence-corrected chi connectivity index (χ3v) is 15.8. The zero-order valence-electron chi connectivity index (χ0n) is 49.4. The standard InChI is InChI=1S/C64H119NO13/c1-3-5-7-9-11-13-15-16-17-18-19-20-21-22-23-24-25-26-27-28-29-30-31-32-33-34-35-36-38-39-41-43-45-47-53(68)52(65-56(69)48-46-44-42-40-37-14-12-10-8-6-4-2)51-75-63-61(74)59(72)62(55(50-67)77-63)78-64-60(73)58(71)57(70)54(49-66)76-64/h33-34,38-39,45,47,52-55,57-64,66-68,70-74H,3-32,35-37,40-44,46,48-51H2,1-2H3,(H,65,69)/b34-33+,39-38+,47-45+. The van der Waals surface area contributed by atoms with E-state index in [1.54, 1.807) is 6.08 Å². The first-order chi connectivity index (χ1) is 38.1. The molecule has 0 aromatic rings. The maximum atomic E-state index is 13.2. The van der Waals surface area contributed by atoms with E-state index in [9.17, 15) is 45.6 Å². The highest BCUT2D eigenvalue weighted by molar-refractivity contribution is 5.76. The lowest BCUT2D eigenvalue weighted by Gasteiger charge is -2.46. The zero-order chi connectivity index (χ0) is 56.7. The molecule has 14 nitrogen and oxygen atoms in total. The van der Waals surface area contributed by atoms with Crippen molar-refractivity contribution in [2.45, 2.75) is 344 Å². The molecule has 12 unspecified atom stereocenters. The van der Waals surface area contributed by atoms with Gasteiger partial charge in [0.05, 0.1) is 32.0 Å². The van der Waals surface area contributed by atoms with Crippen LogP contribution in [0.5, 0.6) is 0 Å². The summed E-state index contributed by atoms with van der Waals surface area (Å²) in [6.07, 6.45) is 45.2. The molecule has 0 aromatic carbocycles. The van der Waals surface area contributed by atoms with Crippen molar-refractivity contribution in [1.29, 1.82) is 0 Å². The van der Waals surface area contributed by atoms with Crippen LogP contribution in [-0.2, 0) is 23.7 Å². The number of amides is 1. The SMILES string of the molecule is CCCCCCCCCCCCCCCCCCCCCCCCC/C=C/CC/C=C/CC/C=C/C(O)C(COC1OC(CO)C(OC2OC(CO)C(O)C(O)C2O)C(O)C1O)NC(=O)CCCCCCCCCCCCC. The van der Waals surface area contributed by atoms with E-state index in [2.05, 4.69) is 43.5 Å². The highest BCUT2D eigenvalue weighted by Crippen LogP contribution is 2.30. The number of allylic oxidation sites excluding steroid dienone is 5. The van der Waals surface area contributed by atoms with Crippen molar-refractivity contribution >= 4 is 5.91 Å². The average molecular weight is 1110 g/mol. The van der Waals surface area contributed by atoms with Gasteiger partial charge in [-0.05, 0) is 44.9 Å². The van der Waals surface area contributed by atoms with Gasteiger partial charge in [0, 0.05) is 6.42 Å². The zero-order valence-corrected chi connectivity index (χ0v) is 49.4. The first-order valence-electron chi connectivity index (χ1n) is 32.2. The Bertz CT molecular complexity index is 1450. The monoisotopic (exact) mass is 1110 g/mol. The van der Waals surface area contributed by atoms with Crippen molar-refractivity contribution in [1.82, 2.24) is 5.32 Å². The molecule has 78 heavy (non-hydrogen) atoms. The molecule has 14 heteroatoms. The van der Waals surface area contributed by atoms with Gasteiger partial charge in [-0.1, -0.05) is 256 Å². The van der Waals surface area contributed by atoms with E-state index in [1.807, 2.05) is 6.08 Å². The Hall–Kier alpha value is -1.79. The largest absolute Gasteiger partial charge is 0.394 e. The van der Waals surface area contributed by atoms with Gasteiger partial charge in [0.15, 0.2) is 12.6 Å². The number of carbonyl (C=O) groups is 1. The fourth-order valence-electron chi connectivity index (χ4n) is 10.6. The summed E-state index contributed by atoms with van der Waals surface area (Å²) in [5.41, 5.74) is 0. The third-order valence-electron chi connectivity index (χ3n) is 15.8. The highest BCUT2D eigenvalue weighted by Gasteiger charge is 2.51. The molecule has 2 aliphatic rings. The molecule has 0 aromatic heterocycles. The minimum absolute atomic E-state index is 0.253. The van der Waals surface area contributed by atoms with Crippen molar-refractivity contribution in [3.05, 3.63) is 36.5 Å². The topological polar surface area (TPSA) is 228 Å². The summed E-state index contributed by atoms with van der Waals surface area (Å²) in [6.45, 7) is 2.78. The van der Waals surface area contributed by atoms with E-state index in [4.69, 9.17) is 18.9 Å². The number of aliphatic hydroxyl groups excluding tert-OH is 8. The predicted octanol–water partition coefficient (Wildman–Crippen LogP) is 11.8. The van der Waals surface area contributed by atoms with Gasteiger partial charge >= 0.3 is 0 Å². The molecule has 2 fully saturated rings. The van der Waals surface area contributed by atoms with Crippen molar-refractivity contribution < 1.29 is 64.6 Å². The quantitative estimate of drug-likeness (QED) is 0.0204. The van der Waals surface area contributed by atoms with Crippen molar-refractivity contribution in [3.8, 4) is 0 Å². The van der Waals surface area contributed by atoms with Gasteiger partial charge in [0.1, 0.15) is 48.8 Å². The number of carbonyl (C=O) groups excluding carboxylic acids is 1. The van der Waals surface area contributed by atoms with Crippen LogP contribution in [0.25, 0.3) is 0 Å². The second-order valence-corrected chi connectivity index (χ2v) is 22.9. The fourth-order valence-corrected chi connectivity index (χ4v) is 10.6. The lowest BCUT2D eigenvalue weighted by Crippen LogP contribution is -2.65. The molecule has 2 rings (SSSR count). The van der Waals surface area contributed by atoms with Gasteiger partial charge in [0.2, 0.25) is 5.91 Å². The van der Waals surface area contributed by atoms with Crippen molar-refractivity contribution in [3.63, 3.8) is 0 Å². The Kier molecular flexibility index (Phi) is 46.2. The van der Waals surface area contributed by atoms with Gasteiger partial charge in [-0.25, -0.2) is 0 Å². The molecule has 0 aliphatic carbocycles. The van der Waals surface area contributed by atoms with Crippen LogP contribution < -0.4 is 5.32 Å². The van der Waals surface area contributed by atoms with E-state index in [0.717, 1.165) is 44.9 Å². The van der Waals surface area contributed by atoms with E-state index in [1.165, 1.54) is 193 Å². The van der Waals surface area contributed by atoms with Gasteiger partial charge in [-0.3, -0.25) is 4.79 Å². The summed E-state index contributed by atoms with van der Waals surface area (Å²) in [7, 11) is 0. The summed E-state index contributed by atoms with van der Waals surface area (Å²) >= 11 is 0. The molecular formula is C64H119NO13. The Morgan fingerprint density at radius 3 is 1.26 bits per heavy atom. The second-order valence-electron chi connectivity index (χ2n) is 22.9. The summed E-state index contributed by atoms with van der Waals surface area (Å²) in [6, 6.07) is -0.935. The molecule has 0 radical (unpaired) electrons. The molecule has 12 atom stereocenters. The van der Waals surface area contributed by atoms with Crippen LogP contribution in [-0.4, -0.2) is 140 Å². The highest BCUT2D eigenvalue weighted by atomic mass is 16.7. The summed E-state index contributed by atoms with van der Waals surface area (Å²) in [4.78, 5) is 13.2. The molecular weight excluding hydrogens is 991 g/mol. The fraction of sp³-hybridized carbons (Fsp3) is 0.891. The number of aliphatic hydroxyl groups is 8. The number of ether oxygens (including phenoxy) is 4. The predicted molar refractivity (Wildman–Crippen MR) is 314 cm³/mol. The van der Waals surface area contributed by atoms with Gasteiger partial charge in [0.25, 0.3) is 0 Å². The Morgan fingerprint density at radius 2 is 0.821 bits per heavy atom. The average Bonchev–Trinajstić information content (AvgIpc) is 3.46. The maximum Gasteiger partial charge on any atom is 0.220 e. The van der Waals surface area contributed by atoms with Gasteiger partial charge in [-0.2, -0.15) is 0 Å². The minimum atomic E-state index is -1.79. The van der Waals surface area contributed by atoms with E-state index in [-0.39, 0.29) is 18.9 Å². The Morgan fingerprint density at radius 1 is 0.449 bits per heavy atom. The Balaban J connectivity index is 1.66. The number of nitrogens with one attached hydrogen (secondary N) is 1. The van der Waals surface area contributed by atoms with Crippen LogP contribution in [0, 0.1) is 0 Å².